The minimum atomic E-state index is -1.18. The predicted molar refractivity (Wildman–Crippen MR) is 38.0 cm³/mol. The zero-order chi connectivity index (χ0) is 8.15. The van der Waals surface area contributed by atoms with Crippen molar-refractivity contribution < 1.29 is 14.6 Å². The normalized spacial score (nSPS) is 16.4. The lowest BCUT2D eigenvalue weighted by atomic mass is 10.3. The minimum Gasteiger partial charge on any atom is -0.366 e. The molecule has 0 bridgehead atoms. The monoisotopic (exact) mass is 166 g/mol. The lowest BCUT2D eigenvalue weighted by Crippen LogP contribution is -2.29. The van der Waals surface area contributed by atoms with Crippen LogP contribution in [0.1, 0.15) is 13.8 Å². The highest BCUT2D eigenvalue weighted by atomic mass is 35.5. The summed E-state index contributed by atoms with van der Waals surface area (Å²) in [5.74, 6) is -0.289. The summed E-state index contributed by atoms with van der Waals surface area (Å²) in [7, 11) is 0. The van der Waals surface area contributed by atoms with Crippen LogP contribution < -0.4 is 0 Å². The molecule has 0 aliphatic heterocycles. The molecule has 60 valence electrons. The van der Waals surface area contributed by atoms with Gasteiger partial charge in [0, 0.05) is 6.61 Å². The number of Topliss-reactive ketones (excluding diaryl/α,β-unsaturated/α-hetero) is 1. The second kappa shape index (κ2) is 4.66. The molecule has 0 saturated heterocycles. The van der Waals surface area contributed by atoms with E-state index in [9.17, 15) is 4.79 Å². The number of halogens is 1. The van der Waals surface area contributed by atoms with Crippen LogP contribution in [-0.2, 0) is 9.53 Å². The highest BCUT2D eigenvalue weighted by Crippen LogP contribution is 2.04. The molecular weight excluding hydrogens is 156 g/mol. The van der Waals surface area contributed by atoms with Crippen molar-refractivity contribution in [3.8, 4) is 0 Å². The molecule has 0 aliphatic carbocycles. The molecule has 10 heavy (non-hydrogen) atoms. The van der Waals surface area contributed by atoms with Gasteiger partial charge < -0.3 is 9.84 Å². The average molecular weight is 167 g/mol. The van der Waals surface area contributed by atoms with Crippen LogP contribution in [0.2, 0.25) is 0 Å². The lowest BCUT2D eigenvalue weighted by Gasteiger charge is -2.13. The Morgan fingerprint density at radius 2 is 2.30 bits per heavy atom. The maximum atomic E-state index is 10.5. The molecule has 2 atom stereocenters. The third-order valence-electron chi connectivity index (χ3n) is 0.976. The van der Waals surface area contributed by atoms with E-state index in [0.717, 1.165) is 0 Å². The molecule has 4 heteroatoms. The van der Waals surface area contributed by atoms with Crippen molar-refractivity contribution in [3.63, 3.8) is 0 Å². The summed E-state index contributed by atoms with van der Waals surface area (Å²) in [6.45, 7) is 3.37. The van der Waals surface area contributed by atoms with E-state index in [4.69, 9.17) is 16.7 Å². The Morgan fingerprint density at radius 3 is 2.60 bits per heavy atom. The first-order valence-electron chi connectivity index (χ1n) is 3.03. The fourth-order valence-corrected chi connectivity index (χ4v) is 0.529. The second-order valence-electron chi connectivity index (χ2n) is 1.86. The van der Waals surface area contributed by atoms with E-state index in [2.05, 4.69) is 4.74 Å². The van der Waals surface area contributed by atoms with Gasteiger partial charge in [-0.2, -0.15) is 0 Å². The lowest BCUT2D eigenvalue weighted by molar-refractivity contribution is -0.131. The number of carbonyl (C=O) groups is 1. The molecule has 0 aromatic heterocycles. The van der Waals surface area contributed by atoms with Crippen LogP contribution in [0.4, 0.5) is 0 Å². The first kappa shape index (κ1) is 9.88. The van der Waals surface area contributed by atoms with Crippen molar-refractivity contribution in [3.05, 3.63) is 0 Å². The van der Waals surface area contributed by atoms with E-state index < -0.39 is 11.7 Å². The Bertz CT molecular complexity index is 116. The van der Waals surface area contributed by atoms with Crippen molar-refractivity contribution in [2.24, 2.45) is 0 Å². The van der Waals surface area contributed by atoms with Gasteiger partial charge in [0.05, 0.1) is 0 Å². The average Bonchev–Trinajstić information content (AvgIpc) is 1.87. The fraction of sp³-hybridized carbons (Fsp3) is 0.833. The highest BCUT2D eigenvalue weighted by Gasteiger charge is 2.20. The van der Waals surface area contributed by atoms with Crippen molar-refractivity contribution in [2.75, 3.05) is 6.61 Å². The zero-order valence-corrected chi connectivity index (χ0v) is 6.76. The van der Waals surface area contributed by atoms with Crippen LogP contribution >= 0.6 is 11.6 Å². The topological polar surface area (TPSA) is 46.5 Å². The fourth-order valence-electron chi connectivity index (χ4n) is 0.456. The van der Waals surface area contributed by atoms with Crippen LogP contribution in [0.5, 0.6) is 0 Å². The van der Waals surface area contributed by atoms with Gasteiger partial charge in [-0.15, -0.1) is 11.6 Å². The van der Waals surface area contributed by atoms with Crippen molar-refractivity contribution >= 4 is 17.4 Å². The van der Waals surface area contributed by atoms with Gasteiger partial charge in [0.15, 0.2) is 12.1 Å². The van der Waals surface area contributed by atoms with E-state index in [1.54, 1.807) is 6.92 Å². The maximum Gasteiger partial charge on any atom is 0.178 e. The van der Waals surface area contributed by atoms with Gasteiger partial charge in [-0.3, -0.25) is 4.79 Å². The molecular formula is C6H11ClO3. The van der Waals surface area contributed by atoms with Gasteiger partial charge in [-0.1, -0.05) is 0 Å². The molecule has 0 spiro atoms. The maximum absolute atomic E-state index is 10.5. The van der Waals surface area contributed by atoms with Gasteiger partial charge in [0.25, 0.3) is 0 Å². The van der Waals surface area contributed by atoms with Crippen molar-refractivity contribution in [2.45, 2.75) is 25.5 Å². The van der Waals surface area contributed by atoms with Crippen molar-refractivity contribution in [1.82, 2.24) is 0 Å². The number of alkyl halides is 1. The third-order valence-corrected chi connectivity index (χ3v) is 1.50. The molecule has 0 aliphatic rings. The molecule has 0 rings (SSSR count). The minimum absolute atomic E-state index is 0.289. The summed E-state index contributed by atoms with van der Waals surface area (Å²) in [6.07, 6.45) is -1.18. The van der Waals surface area contributed by atoms with Gasteiger partial charge in [-0.05, 0) is 13.8 Å². The summed E-state index contributed by atoms with van der Waals surface area (Å²) in [5.41, 5.74) is 0. The van der Waals surface area contributed by atoms with Crippen LogP contribution in [0.15, 0.2) is 0 Å². The predicted octanol–water partition coefficient (Wildman–Crippen LogP) is 0.538. The summed E-state index contributed by atoms with van der Waals surface area (Å²) in [4.78, 5) is 10.5. The Labute approximate surface area is 64.9 Å². The number of hydrogen-bond donors (Lipinski definition) is 1. The Hall–Kier alpha value is -0.120. The molecule has 0 aromatic carbocycles. The van der Waals surface area contributed by atoms with Crippen molar-refractivity contribution in [1.29, 1.82) is 0 Å². The smallest absolute Gasteiger partial charge is 0.178 e. The van der Waals surface area contributed by atoms with E-state index in [1.807, 2.05) is 0 Å². The van der Waals surface area contributed by atoms with E-state index >= 15 is 0 Å². The number of aliphatic hydroxyl groups excluding tert-OH is 1. The molecule has 2 unspecified atom stereocenters. The molecule has 0 heterocycles. The SMILES string of the molecule is CCOC(O)C(Cl)C(C)=O. The van der Waals surface area contributed by atoms with Crippen LogP contribution in [0.25, 0.3) is 0 Å². The number of aliphatic hydroxyl groups is 1. The molecule has 0 aromatic rings. The number of rotatable bonds is 4. The molecule has 0 fully saturated rings. The number of ether oxygens (including phenoxy) is 1. The Balaban J connectivity index is 3.69. The molecule has 1 N–H and O–H groups in total. The van der Waals surface area contributed by atoms with E-state index in [1.165, 1.54) is 6.92 Å². The molecule has 0 saturated carbocycles. The van der Waals surface area contributed by atoms with E-state index in [-0.39, 0.29) is 5.78 Å². The standard InChI is InChI=1S/C6H11ClO3/c1-3-10-6(9)5(7)4(2)8/h5-6,9H,3H2,1-2H3. The van der Waals surface area contributed by atoms with Gasteiger partial charge in [0.2, 0.25) is 0 Å². The van der Waals surface area contributed by atoms with Crippen LogP contribution in [0.3, 0.4) is 0 Å². The number of hydrogen-bond acceptors (Lipinski definition) is 3. The second-order valence-corrected chi connectivity index (χ2v) is 2.33. The summed E-state index contributed by atoms with van der Waals surface area (Å²) < 4.78 is 4.67. The first-order chi connectivity index (χ1) is 4.59. The zero-order valence-electron chi connectivity index (χ0n) is 6.00. The summed E-state index contributed by atoms with van der Waals surface area (Å²) in [5, 5.41) is 7.97. The quantitative estimate of drug-likeness (QED) is 0.490. The Kier molecular flexibility index (Phi) is 4.60. The van der Waals surface area contributed by atoms with Gasteiger partial charge in [-0.25, -0.2) is 0 Å². The van der Waals surface area contributed by atoms with Crippen LogP contribution in [-0.4, -0.2) is 29.2 Å². The van der Waals surface area contributed by atoms with Gasteiger partial charge >= 0.3 is 0 Å². The third kappa shape index (κ3) is 3.15. The first-order valence-corrected chi connectivity index (χ1v) is 3.47. The highest BCUT2D eigenvalue weighted by molar-refractivity contribution is 6.31. The number of ketones is 1. The Morgan fingerprint density at radius 1 is 1.80 bits per heavy atom. The van der Waals surface area contributed by atoms with Gasteiger partial charge in [0.1, 0.15) is 5.38 Å². The summed E-state index contributed by atoms with van der Waals surface area (Å²) >= 11 is 5.42. The summed E-state index contributed by atoms with van der Waals surface area (Å²) in [6, 6.07) is 0. The van der Waals surface area contributed by atoms with Crippen LogP contribution in [0, 0.1) is 0 Å². The molecule has 0 amide bonds. The largest absolute Gasteiger partial charge is 0.366 e. The molecule has 3 nitrogen and oxygen atoms in total. The number of carbonyl (C=O) groups excluding carboxylic acids is 1. The van der Waals surface area contributed by atoms with E-state index in [0.29, 0.717) is 6.61 Å². The molecule has 0 radical (unpaired) electrons.